The summed E-state index contributed by atoms with van der Waals surface area (Å²) < 4.78 is -2.06. The van der Waals surface area contributed by atoms with Crippen molar-refractivity contribution in [2.45, 2.75) is 74.2 Å². The zero-order valence-corrected chi connectivity index (χ0v) is 27.5. The van der Waals surface area contributed by atoms with Gasteiger partial charge in [-0.05, 0) is 57.4 Å². The Morgan fingerprint density at radius 3 is 1.91 bits per heavy atom. The first-order valence-corrected chi connectivity index (χ1v) is 15.0. The molecule has 0 aliphatic carbocycles. The Bertz CT molecular complexity index is 1380. The van der Waals surface area contributed by atoms with Gasteiger partial charge in [0.15, 0.2) is 0 Å². The topological polar surface area (TPSA) is 232 Å². The van der Waals surface area contributed by atoms with Gasteiger partial charge in [-0.3, -0.25) is 24.0 Å². The van der Waals surface area contributed by atoms with Crippen LogP contribution in [0.2, 0.25) is 0 Å². The number of hydrogen-bond donors (Lipinski definition) is 10. The fourth-order valence-electron chi connectivity index (χ4n) is 4.30. The largest absolute Gasteiger partial charge is 0.506 e. The van der Waals surface area contributed by atoms with E-state index in [4.69, 9.17) is 17.2 Å². The number of carbonyl (C=O) groups is 5. The molecule has 246 valence electrons. The molecule has 45 heavy (non-hydrogen) atoms. The minimum atomic E-state index is -1.20. The van der Waals surface area contributed by atoms with E-state index in [9.17, 15) is 29.1 Å². The van der Waals surface area contributed by atoms with Crippen LogP contribution in [0.5, 0.6) is 5.75 Å². The van der Waals surface area contributed by atoms with Crippen LogP contribution in [-0.4, -0.2) is 74.8 Å². The van der Waals surface area contributed by atoms with E-state index < -0.39 is 69.7 Å². The van der Waals surface area contributed by atoms with Crippen molar-refractivity contribution < 1.29 is 29.1 Å². The van der Waals surface area contributed by atoms with Crippen molar-refractivity contribution in [3.8, 4) is 5.75 Å². The Kier molecular flexibility index (Phi) is 13.1. The van der Waals surface area contributed by atoms with E-state index in [1.807, 2.05) is 0 Å². The summed E-state index contributed by atoms with van der Waals surface area (Å²) in [6, 6.07) is 8.81. The first kappa shape index (κ1) is 37.2. The highest BCUT2D eigenvalue weighted by Gasteiger charge is 2.36. The zero-order chi connectivity index (χ0) is 34.1. The molecule has 0 unspecified atom stereocenters. The normalized spacial score (nSPS) is 14.3. The average Bonchev–Trinajstić information content (AvgIpc) is 2.93. The highest BCUT2D eigenvalue weighted by atomic mass is 32.1. The molecule has 0 heterocycles. The monoisotopic (exact) mass is 661 g/mol. The number of primary amides is 1. The van der Waals surface area contributed by atoms with Crippen molar-refractivity contribution in [2.24, 2.45) is 11.5 Å². The lowest BCUT2D eigenvalue weighted by molar-refractivity contribution is -0.133. The molecular formula is C30H43N7O6S2. The van der Waals surface area contributed by atoms with Crippen molar-refractivity contribution in [2.75, 3.05) is 12.3 Å². The summed E-state index contributed by atoms with van der Waals surface area (Å²) in [4.78, 5) is 64.3. The number of phenols is 1. The SMILES string of the molecule is CC(C)(S)[C@@H](NC(=O)[C@H](Cc1ccccc1)NC(=O)CNC(=O)[C@H](NC(=O)[C@@H](N)Cc1ccc(O)c(N)c1)C(C)(C)S)C(N)=O. The van der Waals surface area contributed by atoms with E-state index in [2.05, 4.69) is 46.5 Å². The van der Waals surface area contributed by atoms with Crippen molar-refractivity contribution in [1.29, 1.82) is 0 Å². The van der Waals surface area contributed by atoms with Gasteiger partial charge < -0.3 is 43.6 Å². The molecule has 0 fully saturated rings. The predicted molar refractivity (Wildman–Crippen MR) is 178 cm³/mol. The number of anilines is 1. The third kappa shape index (κ3) is 11.8. The third-order valence-corrected chi connectivity index (χ3v) is 7.29. The molecule has 11 N–H and O–H groups in total. The van der Waals surface area contributed by atoms with Gasteiger partial charge >= 0.3 is 0 Å². The zero-order valence-electron chi connectivity index (χ0n) is 25.7. The Balaban J connectivity index is 2.10. The molecule has 0 radical (unpaired) electrons. The summed E-state index contributed by atoms with van der Waals surface area (Å²) in [5.74, 6) is -3.63. The number of carbonyl (C=O) groups excluding carboxylic acids is 5. The summed E-state index contributed by atoms with van der Waals surface area (Å²) in [5, 5.41) is 19.8. The lowest BCUT2D eigenvalue weighted by atomic mass is 10.00. The highest BCUT2D eigenvalue weighted by molar-refractivity contribution is 7.82. The first-order valence-electron chi connectivity index (χ1n) is 14.1. The summed E-state index contributed by atoms with van der Waals surface area (Å²) >= 11 is 8.81. The number of benzene rings is 2. The van der Waals surface area contributed by atoms with Gasteiger partial charge in [0.1, 0.15) is 23.9 Å². The van der Waals surface area contributed by atoms with Crippen LogP contribution in [-0.2, 0) is 36.8 Å². The molecule has 0 saturated heterocycles. The molecular weight excluding hydrogens is 619 g/mol. The van der Waals surface area contributed by atoms with Crippen LogP contribution >= 0.6 is 25.3 Å². The lowest BCUT2D eigenvalue weighted by Crippen LogP contribution is -2.61. The Morgan fingerprint density at radius 2 is 1.38 bits per heavy atom. The lowest BCUT2D eigenvalue weighted by Gasteiger charge is -2.31. The Labute approximate surface area is 273 Å². The van der Waals surface area contributed by atoms with Crippen LogP contribution in [0.4, 0.5) is 5.69 Å². The van der Waals surface area contributed by atoms with Crippen LogP contribution in [0, 0.1) is 0 Å². The molecule has 5 amide bonds. The number of nitrogens with one attached hydrogen (secondary N) is 4. The smallest absolute Gasteiger partial charge is 0.244 e. The van der Waals surface area contributed by atoms with E-state index >= 15 is 0 Å². The molecule has 0 bridgehead atoms. The minimum absolute atomic E-state index is 0.0753. The van der Waals surface area contributed by atoms with Crippen LogP contribution in [0.15, 0.2) is 48.5 Å². The molecule has 0 aliphatic rings. The quantitative estimate of drug-likeness (QED) is 0.0681. The fourth-order valence-corrected chi connectivity index (χ4v) is 4.68. The number of amides is 5. The van der Waals surface area contributed by atoms with E-state index in [-0.39, 0.29) is 24.3 Å². The van der Waals surface area contributed by atoms with Crippen molar-refractivity contribution >= 4 is 60.5 Å². The molecule has 2 aromatic rings. The Hall–Kier alpha value is -3.95. The number of hydrogen-bond acceptors (Lipinski definition) is 10. The van der Waals surface area contributed by atoms with Crippen molar-refractivity contribution in [3.05, 3.63) is 59.7 Å². The summed E-state index contributed by atoms with van der Waals surface area (Å²) in [6.45, 7) is 5.89. The molecule has 4 atom stereocenters. The number of thiol groups is 2. The van der Waals surface area contributed by atoms with Gasteiger partial charge in [0.2, 0.25) is 29.5 Å². The Morgan fingerprint density at radius 1 is 0.800 bits per heavy atom. The van der Waals surface area contributed by atoms with Crippen molar-refractivity contribution in [3.63, 3.8) is 0 Å². The summed E-state index contributed by atoms with van der Waals surface area (Å²) in [6.07, 6.45) is 0.156. The summed E-state index contributed by atoms with van der Waals surface area (Å²) in [7, 11) is 0. The van der Waals surface area contributed by atoms with Gasteiger partial charge in [0.05, 0.1) is 18.3 Å². The van der Waals surface area contributed by atoms with Crippen LogP contribution in [0.25, 0.3) is 0 Å². The molecule has 0 aliphatic heterocycles. The van der Waals surface area contributed by atoms with E-state index in [1.54, 1.807) is 64.1 Å². The van der Waals surface area contributed by atoms with Gasteiger partial charge in [-0.1, -0.05) is 36.4 Å². The number of aromatic hydroxyl groups is 1. The maximum absolute atomic E-state index is 13.2. The number of rotatable bonds is 15. The maximum atomic E-state index is 13.2. The van der Waals surface area contributed by atoms with Crippen LogP contribution < -0.4 is 38.5 Å². The van der Waals surface area contributed by atoms with E-state index in [1.165, 1.54) is 12.1 Å². The second-order valence-corrected chi connectivity index (χ2v) is 14.1. The molecule has 0 spiro atoms. The molecule has 0 aromatic heterocycles. The number of nitrogen functional groups attached to an aromatic ring is 1. The second kappa shape index (κ2) is 15.9. The third-order valence-electron chi connectivity index (χ3n) is 6.77. The average molecular weight is 662 g/mol. The molecule has 13 nitrogen and oxygen atoms in total. The maximum Gasteiger partial charge on any atom is 0.244 e. The van der Waals surface area contributed by atoms with Gasteiger partial charge in [-0.15, -0.1) is 0 Å². The van der Waals surface area contributed by atoms with Gasteiger partial charge in [-0.2, -0.15) is 25.3 Å². The molecule has 15 heteroatoms. The molecule has 0 saturated carbocycles. The molecule has 2 rings (SSSR count). The fraction of sp³-hybridized carbons (Fsp3) is 0.433. The number of phenolic OH excluding ortho intramolecular Hbond substituents is 1. The van der Waals surface area contributed by atoms with Gasteiger partial charge in [-0.25, -0.2) is 0 Å². The highest BCUT2D eigenvalue weighted by Crippen LogP contribution is 2.22. The van der Waals surface area contributed by atoms with Crippen molar-refractivity contribution in [1.82, 2.24) is 21.3 Å². The first-order chi connectivity index (χ1) is 20.8. The molecule has 2 aromatic carbocycles. The van der Waals surface area contributed by atoms with Gasteiger partial charge in [0.25, 0.3) is 0 Å². The van der Waals surface area contributed by atoms with Crippen LogP contribution in [0.3, 0.4) is 0 Å². The summed E-state index contributed by atoms with van der Waals surface area (Å²) in [5.41, 5.74) is 18.7. The van der Waals surface area contributed by atoms with E-state index in [0.29, 0.717) is 5.56 Å². The number of nitrogens with two attached hydrogens (primary N) is 3. The minimum Gasteiger partial charge on any atom is -0.506 e. The second-order valence-electron chi connectivity index (χ2n) is 11.8. The predicted octanol–water partition coefficient (Wildman–Crippen LogP) is -0.440. The standard InChI is InChI=1S/C30H43N7O6S2/c1-29(2,44)23(25(33)40)36-27(42)20(14-16-8-6-5-7-9-16)35-22(39)15-34-28(43)24(30(3,4)45)37-26(41)19(32)13-17-10-11-21(38)18(31)12-17/h5-12,19-20,23-24,38,44-45H,13-15,31-32H2,1-4H3,(H2,33,40)(H,34,43)(H,35,39)(H,36,42)(H,37,41)/t19-,20-,23-,24-/m0/s1. The van der Waals surface area contributed by atoms with E-state index in [0.717, 1.165) is 5.56 Å². The van der Waals surface area contributed by atoms with Crippen LogP contribution in [0.1, 0.15) is 38.8 Å². The van der Waals surface area contributed by atoms with Gasteiger partial charge in [0, 0.05) is 15.9 Å².